The van der Waals surface area contributed by atoms with Gasteiger partial charge in [-0.05, 0) is 55.7 Å². The predicted octanol–water partition coefficient (Wildman–Crippen LogP) is 5.18. The van der Waals surface area contributed by atoms with Gasteiger partial charge in [0.25, 0.3) is 12.3 Å². The van der Waals surface area contributed by atoms with Crippen molar-refractivity contribution >= 4 is 11.5 Å². The molecule has 1 heterocycles. The number of rotatable bonds is 6. The Hall–Kier alpha value is -2.57. The van der Waals surface area contributed by atoms with Gasteiger partial charge in [-0.25, -0.2) is 13.5 Å². The van der Waals surface area contributed by atoms with Crippen LogP contribution in [0.1, 0.15) is 71.3 Å². The molecule has 0 aliphatic heterocycles. The lowest BCUT2D eigenvalue weighted by molar-refractivity contribution is 0.0712. The van der Waals surface area contributed by atoms with Gasteiger partial charge in [0.1, 0.15) is 11.3 Å². The number of amides is 1. The standard InChI is InChI=1S/C22H24F3N3O/c1-13-7-8-15(17(11-13)14-5-3-4-6-14)12-28(16-9-10-16)22(29)18-19(20(23)24)26-27(2)21(18)25/h5,7-8,11,16,20H,3-4,6,9-10,12H2,1-2H3. The largest absolute Gasteiger partial charge is 0.331 e. The Morgan fingerprint density at radius 1 is 1.34 bits per heavy atom. The number of allylic oxidation sites excluding steroid dienone is 2. The zero-order chi connectivity index (χ0) is 20.7. The second-order valence-electron chi connectivity index (χ2n) is 7.92. The SMILES string of the molecule is Cc1ccc(CN(C(=O)c2c(C(F)F)nn(C)c2F)C2CC2)c(C2=CCCC2)c1. The minimum absolute atomic E-state index is 0.0562. The van der Waals surface area contributed by atoms with Crippen LogP contribution in [0.2, 0.25) is 0 Å². The molecular formula is C22H24F3N3O. The number of nitrogens with zero attached hydrogens (tertiary/aromatic N) is 3. The van der Waals surface area contributed by atoms with Crippen molar-refractivity contribution in [2.75, 3.05) is 0 Å². The molecule has 1 aromatic heterocycles. The normalized spacial score (nSPS) is 16.4. The third-order valence-electron chi connectivity index (χ3n) is 5.67. The number of alkyl halides is 2. The molecule has 4 nitrogen and oxygen atoms in total. The van der Waals surface area contributed by atoms with E-state index in [2.05, 4.69) is 17.2 Å². The molecule has 1 saturated carbocycles. The monoisotopic (exact) mass is 403 g/mol. The van der Waals surface area contributed by atoms with Crippen LogP contribution in [0, 0.1) is 12.9 Å². The van der Waals surface area contributed by atoms with Gasteiger partial charge in [0.2, 0.25) is 5.95 Å². The van der Waals surface area contributed by atoms with Gasteiger partial charge >= 0.3 is 0 Å². The zero-order valence-electron chi connectivity index (χ0n) is 16.6. The fraction of sp³-hybridized carbons (Fsp3) is 0.455. The van der Waals surface area contributed by atoms with Crippen LogP contribution in [0.5, 0.6) is 0 Å². The zero-order valence-corrected chi connectivity index (χ0v) is 16.6. The lowest BCUT2D eigenvalue weighted by atomic mass is 9.96. The quantitative estimate of drug-likeness (QED) is 0.667. The van der Waals surface area contributed by atoms with Crippen molar-refractivity contribution < 1.29 is 18.0 Å². The average Bonchev–Trinajstić information content (AvgIpc) is 3.28. The molecule has 0 atom stereocenters. The van der Waals surface area contributed by atoms with E-state index in [-0.39, 0.29) is 12.6 Å². The van der Waals surface area contributed by atoms with Gasteiger partial charge in [0.05, 0.1) is 0 Å². The fourth-order valence-corrected chi connectivity index (χ4v) is 4.00. The molecule has 29 heavy (non-hydrogen) atoms. The van der Waals surface area contributed by atoms with E-state index in [1.165, 1.54) is 17.5 Å². The first-order valence-electron chi connectivity index (χ1n) is 9.97. The number of aromatic nitrogens is 2. The summed E-state index contributed by atoms with van der Waals surface area (Å²) in [4.78, 5) is 14.7. The van der Waals surface area contributed by atoms with E-state index in [0.717, 1.165) is 48.8 Å². The second-order valence-corrected chi connectivity index (χ2v) is 7.92. The Morgan fingerprint density at radius 2 is 2.10 bits per heavy atom. The number of aryl methyl sites for hydroxylation is 2. The highest BCUT2D eigenvalue weighted by Gasteiger charge is 2.38. The minimum atomic E-state index is -3.01. The number of hydrogen-bond donors (Lipinski definition) is 0. The van der Waals surface area contributed by atoms with E-state index in [0.29, 0.717) is 4.68 Å². The van der Waals surface area contributed by atoms with Gasteiger partial charge < -0.3 is 4.90 Å². The number of carbonyl (C=O) groups excluding carboxylic acids is 1. The van der Waals surface area contributed by atoms with Crippen molar-refractivity contribution in [3.8, 4) is 0 Å². The van der Waals surface area contributed by atoms with E-state index >= 15 is 0 Å². The Bertz CT molecular complexity index is 976. The maximum atomic E-state index is 14.5. The Kier molecular flexibility index (Phi) is 5.23. The molecule has 0 bridgehead atoms. The van der Waals surface area contributed by atoms with Crippen LogP contribution in [0.25, 0.3) is 5.57 Å². The van der Waals surface area contributed by atoms with Crippen LogP contribution in [0.3, 0.4) is 0 Å². The number of benzene rings is 1. The molecule has 154 valence electrons. The maximum Gasteiger partial charge on any atom is 0.283 e. The molecule has 2 aromatic rings. The van der Waals surface area contributed by atoms with Crippen LogP contribution >= 0.6 is 0 Å². The third kappa shape index (κ3) is 3.82. The molecule has 4 rings (SSSR count). The summed E-state index contributed by atoms with van der Waals surface area (Å²) in [6.45, 7) is 2.29. The van der Waals surface area contributed by atoms with Gasteiger partial charge in [-0.15, -0.1) is 0 Å². The summed E-state index contributed by atoms with van der Waals surface area (Å²) >= 11 is 0. The first-order valence-corrected chi connectivity index (χ1v) is 9.97. The van der Waals surface area contributed by atoms with Gasteiger partial charge in [-0.3, -0.25) is 4.79 Å². The Labute approximate surface area is 168 Å². The highest BCUT2D eigenvalue weighted by atomic mass is 19.3. The van der Waals surface area contributed by atoms with E-state index in [4.69, 9.17) is 0 Å². The summed E-state index contributed by atoms with van der Waals surface area (Å²) in [5.74, 6) is -1.72. The molecule has 1 aromatic carbocycles. The first-order chi connectivity index (χ1) is 13.9. The average molecular weight is 403 g/mol. The number of carbonyl (C=O) groups is 1. The van der Waals surface area contributed by atoms with Crippen molar-refractivity contribution in [2.24, 2.45) is 7.05 Å². The molecule has 1 amide bonds. The van der Waals surface area contributed by atoms with E-state index in [9.17, 15) is 18.0 Å². The van der Waals surface area contributed by atoms with Crippen molar-refractivity contribution in [3.05, 3.63) is 58.2 Å². The van der Waals surface area contributed by atoms with Crippen LogP contribution in [0.15, 0.2) is 24.3 Å². The molecule has 2 aliphatic rings. The molecule has 0 N–H and O–H groups in total. The highest BCUT2D eigenvalue weighted by Crippen LogP contribution is 2.36. The van der Waals surface area contributed by atoms with Crippen molar-refractivity contribution in [2.45, 2.75) is 58.0 Å². The van der Waals surface area contributed by atoms with Crippen LogP contribution in [0.4, 0.5) is 13.2 Å². The van der Waals surface area contributed by atoms with Gasteiger partial charge in [-0.1, -0.05) is 29.8 Å². The molecule has 2 aliphatic carbocycles. The summed E-state index contributed by atoms with van der Waals surface area (Å²) in [6.07, 6.45) is 3.92. The van der Waals surface area contributed by atoms with Crippen molar-refractivity contribution in [1.29, 1.82) is 0 Å². The topological polar surface area (TPSA) is 38.1 Å². The lowest BCUT2D eigenvalue weighted by Crippen LogP contribution is -2.34. The van der Waals surface area contributed by atoms with Crippen molar-refractivity contribution in [1.82, 2.24) is 14.7 Å². The van der Waals surface area contributed by atoms with Gasteiger partial charge in [0.15, 0.2) is 0 Å². The smallest absolute Gasteiger partial charge is 0.283 e. The van der Waals surface area contributed by atoms with Crippen LogP contribution in [-0.4, -0.2) is 26.6 Å². The minimum Gasteiger partial charge on any atom is -0.331 e. The molecule has 7 heteroatoms. The van der Waals surface area contributed by atoms with Crippen molar-refractivity contribution in [3.63, 3.8) is 0 Å². The first kappa shape index (κ1) is 19.7. The lowest BCUT2D eigenvalue weighted by Gasteiger charge is -2.24. The molecule has 0 unspecified atom stereocenters. The van der Waals surface area contributed by atoms with E-state index in [1.54, 1.807) is 0 Å². The van der Waals surface area contributed by atoms with Gasteiger partial charge in [-0.2, -0.15) is 9.49 Å². The molecular weight excluding hydrogens is 379 g/mol. The second kappa shape index (κ2) is 7.69. The maximum absolute atomic E-state index is 14.5. The van der Waals surface area contributed by atoms with E-state index < -0.39 is 29.5 Å². The summed E-state index contributed by atoms with van der Waals surface area (Å²) in [7, 11) is 1.23. The van der Waals surface area contributed by atoms with Crippen LogP contribution in [-0.2, 0) is 13.6 Å². The molecule has 1 fully saturated rings. The summed E-state index contributed by atoms with van der Waals surface area (Å²) < 4.78 is 42.0. The van der Waals surface area contributed by atoms with Crippen LogP contribution < -0.4 is 0 Å². The summed E-state index contributed by atoms with van der Waals surface area (Å²) in [5.41, 5.74) is 3.05. The molecule has 0 saturated heterocycles. The Balaban J connectivity index is 1.70. The third-order valence-corrected chi connectivity index (χ3v) is 5.67. The van der Waals surface area contributed by atoms with E-state index in [1.807, 2.05) is 19.1 Å². The highest BCUT2D eigenvalue weighted by molar-refractivity contribution is 5.96. The number of hydrogen-bond acceptors (Lipinski definition) is 2. The predicted molar refractivity (Wildman–Crippen MR) is 104 cm³/mol. The van der Waals surface area contributed by atoms with Gasteiger partial charge in [0, 0.05) is 19.6 Å². The fourth-order valence-electron chi connectivity index (χ4n) is 4.00. The summed E-state index contributed by atoms with van der Waals surface area (Å²) in [5, 5.41) is 3.53. The summed E-state index contributed by atoms with van der Waals surface area (Å²) in [6, 6.07) is 6.02. The Morgan fingerprint density at radius 3 is 2.72 bits per heavy atom. The molecule has 0 spiro atoms. The molecule has 0 radical (unpaired) electrons. The number of halogens is 3.